The van der Waals surface area contributed by atoms with Crippen LogP contribution in [-0.4, -0.2) is 6.16 Å². The molecule has 2 aromatic carbocycles. The van der Waals surface area contributed by atoms with Crippen molar-refractivity contribution in [2.45, 2.75) is 7.43 Å². The highest BCUT2D eigenvalue weighted by Gasteiger charge is 2.10. The topological polar surface area (TPSA) is 0 Å². The van der Waals surface area contributed by atoms with Gasteiger partial charge in [-0.3, -0.25) is 0 Å². The average Bonchev–Trinajstić information content (AvgIpc) is 2.38. The molecule has 0 aromatic heterocycles. The molecule has 17 heavy (non-hydrogen) atoms. The molecule has 88 valence electrons. The molecule has 0 N–H and O–H groups in total. The Kier molecular flexibility index (Phi) is 5.66. The molecule has 0 unspecified atom stereocenters. The van der Waals surface area contributed by atoms with Crippen LogP contribution in [0.15, 0.2) is 73.3 Å². The highest BCUT2D eigenvalue weighted by molar-refractivity contribution is 7.73. The van der Waals surface area contributed by atoms with Gasteiger partial charge < -0.3 is 0 Å². The standard InChI is InChI=1S/C15H15P.CH4/c1-2-13-16(14-9-5-3-6-10-14)15-11-7-4-8-12-15;/h2-12H,1,13H2;1H4. The van der Waals surface area contributed by atoms with E-state index in [0.717, 1.165) is 6.16 Å². The lowest BCUT2D eigenvalue weighted by Gasteiger charge is -2.16. The van der Waals surface area contributed by atoms with Crippen LogP contribution in [0.2, 0.25) is 0 Å². The number of hydrogen-bond acceptors (Lipinski definition) is 0. The monoisotopic (exact) mass is 242 g/mol. The summed E-state index contributed by atoms with van der Waals surface area (Å²) in [5.74, 6) is 0. The lowest BCUT2D eigenvalue weighted by molar-refractivity contribution is 1.71. The summed E-state index contributed by atoms with van der Waals surface area (Å²) in [6.07, 6.45) is 3.06. The highest BCUT2D eigenvalue weighted by atomic mass is 31.1. The van der Waals surface area contributed by atoms with E-state index in [1.807, 2.05) is 6.08 Å². The fraction of sp³-hybridized carbons (Fsp3) is 0.125. The van der Waals surface area contributed by atoms with Crippen molar-refractivity contribution < 1.29 is 0 Å². The van der Waals surface area contributed by atoms with Crippen LogP contribution >= 0.6 is 7.92 Å². The third-order valence-electron chi connectivity index (χ3n) is 2.45. The maximum absolute atomic E-state index is 3.87. The molecule has 0 radical (unpaired) electrons. The van der Waals surface area contributed by atoms with Crippen LogP contribution in [0.25, 0.3) is 0 Å². The van der Waals surface area contributed by atoms with Crippen molar-refractivity contribution in [2.24, 2.45) is 0 Å². The Bertz CT molecular complexity index is 394. The third-order valence-corrected chi connectivity index (χ3v) is 4.91. The van der Waals surface area contributed by atoms with E-state index in [4.69, 9.17) is 0 Å². The van der Waals surface area contributed by atoms with E-state index in [0.29, 0.717) is 0 Å². The van der Waals surface area contributed by atoms with Gasteiger partial charge in [-0.05, 0) is 24.7 Å². The Morgan fingerprint density at radius 2 is 1.24 bits per heavy atom. The van der Waals surface area contributed by atoms with E-state index in [1.165, 1.54) is 10.6 Å². The molecule has 0 saturated heterocycles. The molecule has 0 amide bonds. The third kappa shape index (κ3) is 3.54. The number of benzene rings is 2. The van der Waals surface area contributed by atoms with Crippen molar-refractivity contribution >= 4 is 18.5 Å². The molecule has 0 atom stereocenters. The fourth-order valence-corrected chi connectivity index (χ4v) is 3.75. The van der Waals surface area contributed by atoms with Crippen molar-refractivity contribution in [2.75, 3.05) is 6.16 Å². The van der Waals surface area contributed by atoms with Crippen molar-refractivity contribution in [3.63, 3.8) is 0 Å². The predicted octanol–water partition coefficient (Wildman–Crippen LogP) is 3.94. The van der Waals surface area contributed by atoms with E-state index >= 15 is 0 Å². The lowest BCUT2D eigenvalue weighted by Crippen LogP contribution is -2.12. The maximum Gasteiger partial charge on any atom is -0.00669 e. The molecule has 0 aliphatic rings. The van der Waals surface area contributed by atoms with Crippen molar-refractivity contribution in [1.29, 1.82) is 0 Å². The molecule has 0 heterocycles. The molecule has 0 aliphatic heterocycles. The van der Waals surface area contributed by atoms with E-state index in [-0.39, 0.29) is 15.3 Å². The molecule has 2 rings (SSSR count). The average molecular weight is 242 g/mol. The number of rotatable bonds is 4. The molecule has 2 aromatic rings. The summed E-state index contributed by atoms with van der Waals surface area (Å²) < 4.78 is 0. The first-order chi connectivity index (χ1) is 7.92. The minimum absolute atomic E-state index is 0. The predicted molar refractivity (Wildman–Crippen MR) is 80.9 cm³/mol. The van der Waals surface area contributed by atoms with Gasteiger partial charge in [-0.25, -0.2) is 0 Å². The molecule has 0 fully saturated rings. The molecule has 0 bridgehead atoms. The molecule has 0 saturated carbocycles. The maximum atomic E-state index is 3.87. The Balaban J connectivity index is 0.00000144. The fourth-order valence-electron chi connectivity index (χ4n) is 1.70. The van der Waals surface area contributed by atoms with Gasteiger partial charge in [-0.15, -0.1) is 6.58 Å². The second-order valence-corrected chi connectivity index (χ2v) is 5.82. The molecular weight excluding hydrogens is 223 g/mol. The first-order valence-electron chi connectivity index (χ1n) is 5.40. The summed E-state index contributed by atoms with van der Waals surface area (Å²) in [6.45, 7) is 3.87. The normalized spacial score (nSPS) is 9.71. The van der Waals surface area contributed by atoms with E-state index in [1.54, 1.807) is 0 Å². The zero-order chi connectivity index (χ0) is 11.2. The minimum Gasteiger partial charge on any atom is -0.103 e. The van der Waals surface area contributed by atoms with E-state index in [9.17, 15) is 0 Å². The Morgan fingerprint density at radius 3 is 1.59 bits per heavy atom. The summed E-state index contributed by atoms with van der Waals surface area (Å²) in [6, 6.07) is 21.4. The van der Waals surface area contributed by atoms with Gasteiger partial charge in [0, 0.05) is 0 Å². The second-order valence-electron chi connectivity index (χ2n) is 3.57. The van der Waals surface area contributed by atoms with Crippen molar-refractivity contribution in [3.05, 3.63) is 73.3 Å². The first kappa shape index (κ1) is 13.7. The van der Waals surface area contributed by atoms with Crippen molar-refractivity contribution in [3.8, 4) is 0 Å². The summed E-state index contributed by atoms with van der Waals surface area (Å²) in [7, 11) is -0.269. The zero-order valence-electron chi connectivity index (χ0n) is 9.21. The number of hydrogen-bond donors (Lipinski definition) is 0. The SMILES string of the molecule is C.C=CCP(c1ccccc1)c1ccccc1. The summed E-state index contributed by atoms with van der Waals surface area (Å²) in [4.78, 5) is 0. The van der Waals surface area contributed by atoms with Gasteiger partial charge in [0.25, 0.3) is 0 Å². The molecule has 0 spiro atoms. The van der Waals surface area contributed by atoms with Gasteiger partial charge in [0.2, 0.25) is 0 Å². The number of allylic oxidation sites excluding steroid dienone is 1. The van der Waals surface area contributed by atoms with Crippen LogP contribution in [0.1, 0.15) is 7.43 Å². The van der Waals surface area contributed by atoms with Crippen LogP contribution in [0.3, 0.4) is 0 Å². The van der Waals surface area contributed by atoms with Crippen LogP contribution in [-0.2, 0) is 0 Å². The zero-order valence-corrected chi connectivity index (χ0v) is 10.1. The van der Waals surface area contributed by atoms with E-state index < -0.39 is 0 Å². The summed E-state index contributed by atoms with van der Waals surface area (Å²) in [5.41, 5.74) is 0. The largest absolute Gasteiger partial charge is 0.103 e. The summed E-state index contributed by atoms with van der Waals surface area (Å²) >= 11 is 0. The van der Waals surface area contributed by atoms with Gasteiger partial charge in [-0.1, -0.05) is 74.2 Å². The van der Waals surface area contributed by atoms with Gasteiger partial charge >= 0.3 is 0 Å². The second kappa shape index (κ2) is 7.04. The molecule has 1 heteroatoms. The summed E-state index contributed by atoms with van der Waals surface area (Å²) in [5, 5.41) is 2.84. The quantitative estimate of drug-likeness (QED) is 0.562. The minimum atomic E-state index is -0.269. The highest BCUT2D eigenvalue weighted by Crippen LogP contribution is 2.32. The van der Waals surface area contributed by atoms with Crippen LogP contribution in [0.4, 0.5) is 0 Å². The van der Waals surface area contributed by atoms with E-state index in [2.05, 4.69) is 67.2 Å². The smallest absolute Gasteiger partial charge is 0.00669 e. The Morgan fingerprint density at radius 1 is 0.824 bits per heavy atom. The van der Waals surface area contributed by atoms with Gasteiger partial charge in [0.1, 0.15) is 0 Å². The Hall–Kier alpha value is -1.39. The van der Waals surface area contributed by atoms with Gasteiger partial charge in [0.05, 0.1) is 0 Å². The van der Waals surface area contributed by atoms with Gasteiger partial charge in [0.15, 0.2) is 0 Å². The van der Waals surface area contributed by atoms with Crippen LogP contribution in [0, 0.1) is 0 Å². The van der Waals surface area contributed by atoms with Crippen LogP contribution in [0.5, 0.6) is 0 Å². The molecule has 0 aliphatic carbocycles. The molecule has 0 nitrogen and oxygen atoms in total. The van der Waals surface area contributed by atoms with Gasteiger partial charge in [-0.2, -0.15) is 0 Å². The van der Waals surface area contributed by atoms with Crippen molar-refractivity contribution in [1.82, 2.24) is 0 Å². The lowest BCUT2D eigenvalue weighted by atomic mass is 10.4. The Labute approximate surface area is 106 Å². The molecular formula is C16H19P. The van der Waals surface area contributed by atoms with Crippen LogP contribution < -0.4 is 10.6 Å². The first-order valence-corrected chi connectivity index (χ1v) is 6.93.